The Labute approximate surface area is 75.4 Å². The largest absolute Gasteiger partial charge is 0.437 e. The Kier molecular flexibility index (Phi) is 2.96. The van der Waals surface area contributed by atoms with E-state index in [-0.39, 0.29) is 12.5 Å². The van der Waals surface area contributed by atoms with Crippen LogP contribution in [0, 0.1) is 5.41 Å². The molecule has 0 spiro atoms. The molecule has 1 atom stereocenters. The maximum atomic E-state index is 9.40. The lowest BCUT2D eigenvalue weighted by Crippen LogP contribution is -2.47. The minimum absolute atomic E-state index is 0.204. The zero-order chi connectivity index (χ0) is 9.19. The minimum atomic E-state index is -0.315. The van der Waals surface area contributed by atoms with Crippen molar-refractivity contribution in [1.82, 2.24) is 4.81 Å². The van der Waals surface area contributed by atoms with E-state index in [1.807, 2.05) is 12.9 Å². The van der Waals surface area contributed by atoms with Crippen LogP contribution < -0.4 is 0 Å². The fourth-order valence-electron chi connectivity index (χ4n) is 1.79. The van der Waals surface area contributed by atoms with E-state index in [2.05, 4.69) is 18.3 Å². The third kappa shape index (κ3) is 2.11. The molecule has 0 saturated carbocycles. The molecule has 1 fully saturated rings. The second-order valence-electron chi connectivity index (χ2n) is 4.06. The van der Waals surface area contributed by atoms with Gasteiger partial charge in [-0.1, -0.05) is 13.0 Å². The molecule has 2 nitrogen and oxygen atoms in total. The first-order valence-corrected chi connectivity index (χ1v) is 4.63. The highest BCUT2D eigenvalue weighted by atomic mass is 16.2. The van der Waals surface area contributed by atoms with Gasteiger partial charge in [0.05, 0.1) is 0 Å². The van der Waals surface area contributed by atoms with Crippen LogP contribution in [0.1, 0.15) is 19.8 Å². The van der Waals surface area contributed by atoms with Crippen LogP contribution in [-0.4, -0.2) is 30.0 Å². The van der Waals surface area contributed by atoms with Crippen molar-refractivity contribution in [2.75, 3.05) is 13.1 Å². The molecule has 1 N–H and O–H groups in total. The lowest BCUT2D eigenvalue weighted by Gasteiger charge is -2.39. The average Bonchev–Trinajstić information content (AvgIpc) is 2.05. The van der Waals surface area contributed by atoms with Crippen LogP contribution in [0.15, 0.2) is 12.7 Å². The monoisotopic (exact) mass is 167 g/mol. The van der Waals surface area contributed by atoms with Gasteiger partial charge in [-0.25, -0.2) is 0 Å². The zero-order valence-corrected chi connectivity index (χ0v) is 8.08. The lowest BCUT2D eigenvalue weighted by molar-refractivity contribution is 0.197. The van der Waals surface area contributed by atoms with Crippen molar-refractivity contribution in [3.63, 3.8) is 0 Å². The summed E-state index contributed by atoms with van der Waals surface area (Å²) < 4.78 is 0. The Morgan fingerprint density at radius 2 is 2.33 bits per heavy atom. The molecule has 0 aromatic rings. The van der Waals surface area contributed by atoms with Crippen molar-refractivity contribution in [2.45, 2.75) is 26.6 Å². The average molecular weight is 167 g/mol. The predicted octanol–water partition coefficient (Wildman–Crippen LogP) is 1.38. The third-order valence-corrected chi connectivity index (χ3v) is 2.78. The van der Waals surface area contributed by atoms with Gasteiger partial charge in [0.15, 0.2) is 0 Å². The van der Waals surface area contributed by atoms with Gasteiger partial charge < -0.3 is 9.83 Å². The molecule has 0 radical (unpaired) electrons. The van der Waals surface area contributed by atoms with Gasteiger partial charge in [-0.15, -0.1) is 6.58 Å². The first kappa shape index (κ1) is 9.81. The first-order valence-electron chi connectivity index (χ1n) is 4.63. The molecule has 0 aromatic carbocycles. The maximum Gasteiger partial charge on any atom is 0.376 e. The van der Waals surface area contributed by atoms with Crippen molar-refractivity contribution >= 4 is 7.05 Å². The molecule has 68 valence electrons. The molecule has 1 aliphatic rings. The smallest absolute Gasteiger partial charge is 0.376 e. The zero-order valence-electron chi connectivity index (χ0n) is 8.08. The van der Waals surface area contributed by atoms with E-state index < -0.39 is 0 Å². The summed E-state index contributed by atoms with van der Waals surface area (Å²) >= 11 is 0. The maximum absolute atomic E-state index is 9.40. The van der Waals surface area contributed by atoms with E-state index in [1.165, 1.54) is 6.42 Å². The summed E-state index contributed by atoms with van der Waals surface area (Å²) in [6.07, 6.45) is 4.37. The van der Waals surface area contributed by atoms with Gasteiger partial charge in [-0.3, -0.25) is 0 Å². The number of hydrogen-bond donors (Lipinski definition) is 1. The first-order chi connectivity index (χ1) is 5.57. The van der Waals surface area contributed by atoms with Crippen LogP contribution in [0.4, 0.5) is 0 Å². The third-order valence-electron chi connectivity index (χ3n) is 2.78. The van der Waals surface area contributed by atoms with Crippen LogP contribution in [0.5, 0.6) is 0 Å². The SMILES string of the molecule is C=CC1(C)CCCN(B(C)O)C1. The van der Waals surface area contributed by atoms with E-state index in [9.17, 15) is 5.02 Å². The van der Waals surface area contributed by atoms with E-state index in [0.717, 1.165) is 19.5 Å². The van der Waals surface area contributed by atoms with Crippen molar-refractivity contribution in [2.24, 2.45) is 5.41 Å². The summed E-state index contributed by atoms with van der Waals surface area (Å²) in [5, 5.41) is 9.40. The lowest BCUT2D eigenvalue weighted by atomic mass is 9.75. The summed E-state index contributed by atoms with van der Waals surface area (Å²) in [5.41, 5.74) is 0.204. The molecule has 12 heavy (non-hydrogen) atoms. The second kappa shape index (κ2) is 3.63. The normalized spacial score (nSPS) is 31.6. The second-order valence-corrected chi connectivity index (χ2v) is 4.06. The van der Waals surface area contributed by atoms with Crippen molar-refractivity contribution < 1.29 is 5.02 Å². The molecule has 0 amide bonds. The minimum Gasteiger partial charge on any atom is -0.437 e. The predicted molar refractivity (Wildman–Crippen MR) is 52.9 cm³/mol. The van der Waals surface area contributed by atoms with Crippen molar-refractivity contribution in [3.05, 3.63) is 12.7 Å². The molecule has 1 aliphatic heterocycles. The van der Waals surface area contributed by atoms with Crippen molar-refractivity contribution in [3.8, 4) is 0 Å². The summed E-state index contributed by atoms with van der Waals surface area (Å²) in [5.74, 6) is 0. The summed E-state index contributed by atoms with van der Waals surface area (Å²) in [4.78, 5) is 2.10. The fourth-order valence-corrected chi connectivity index (χ4v) is 1.79. The molecule has 0 aliphatic carbocycles. The standard InChI is InChI=1S/C9H18BNO/c1-4-9(2)6-5-7-11(8-9)10(3)12/h4,12H,1,5-8H2,2-3H3. The highest BCUT2D eigenvalue weighted by Gasteiger charge is 2.30. The van der Waals surface area contributed by atoms with Gasteiger partial charge in [-0.2, -0.15) is 0 Å². The highest BCUT2D eigenvalue weighted by Crippen LogP contribution is 2.30. The Hall–Kier alpha value is -0.275. The van der Waals surface area contributed by atoms with Crippen LogP contribution in [0.2, 0.25) is 6.82 Å². The molecule has 1 unspecified atom stereocenters. The van der Waals surface area contributed by atoms with Crippen LogP contribution in [-0.2, 0) is 0 Å². The van der Waals surface area contributed by atoms with Gasteiger partial charge in [-0.05, 0) is 38.2 Å². The molecule has 3 heteroatoms. The van der Waals surface area contributed by atoms with E-state index in [4.69, 9.17) is 0 Å². The number of rotatable bonds is 2. The van der Waals surface area contributed by atoms with Crippen molar-refractivity contribution in [1.29, 1.82) is 0 Å². The molecule has 0 aromatic heterocycles. The quantitative estimate of drug-likeness (QED) is 0.496. The molecule has 1 saturated heterocycles. The van der Waals surface area contributed by atoms with Crippen LogP contribution in [0.25, 0.3) is 0 Å². The Morgan fingerprint density at radius 3 is 2.83 bits per heavy atom. The van der Waals surface area contributed by atoms with Crippen LogP contribution >= 0.6 is 0 Å². The summed E-state index contributed by atoms with van der Waals surface area (Å²) in [7, 11) is -0.315. The van der Waals surface area contributed by atoms with Gasteiger partial charge in [0, 0.05) is 0 Å². The van der Waals surface area contributed by atoms with Gasteiger partial charge in [0.1, 0.15) is 0 Å². The van der Waals surface area contributed by atoms with Gasteiger partial charge in [0.25, 0.3) is 0 Å². The van der Waals surface area contributed by atoms with Gasteiger partial charge >= 0.3 is 7.05 Å². The summed E-state index contributed by atoms with van der Waals surface area (Å²) in [6, 6.07) is 0. The van der Waals surface area contributed by atoms with Gasteiger partial charge in [0.2, 0.25) is 0 Å². The molecule has 0 bridgehead atoms. The Morgan fingerprint density at radius 1 is 1.67 bits per heavy atom. The Balaban J connectivity index is 2.56. The number of piperidine rings is 1. The molecular formula is C9H18BNO. The Bertz CT molecular complexity index is 172. The topological polar surface area (TPSA) is 23.5 Å². The number of hydrogen-bond acceptors (Lipinski definition) is 2. The number of nitrogens with zero attached hydrogens (tertiary/aromatic N) is 1. The van der Waals surface area contributed by atoms with E-state index in [1.54, 1.807) is 0 Å². The molecular weight excluding hydrogens is 149 g/mol. The molecule has 1 heterocycles. The van der Waals surface area contributed by atoms with E-state index in [0.29, 0.717) is 0 Å². The molecule has 1 rings (SSSR count). The fraction of sp³-hybridized carbons (Fsp3) is 0.778. The summed E-state index contributed by atoms with van der Waals surface area (Å²) in [6.45, 7) is 9.83. The van der Waals surface area contributed by atoms with Crippen LogP contribution in [0.3, 0.4) is 0 Å². The van der Waals surface area contributed by atoms with E-state index >= 15 is 0 Å². The highest BCUT2D eigenvalue weighted by molar-refractivity contribution is 6.45.